The average molecular weight is 300 g/mol. The van der Waals surface area contributed by atoms with Gasteiger partial charge in [-0.3, -0.25) is 0 Å². The summed E-state index contributed by atoms with van der Waals surface area (Å²) in [5.41, 5.74) is 0.823. The van der Waals surface area contributed by atoms with Gasteiger partial charge in [0.2, 0.25) is 0 Å². The molecule has 3 nitrogen and oxygen atoms in total. The normalized spacial score (nSPS) is 15.8. The molecule has 0 N–H and O–H groups in total. The minimum absolute atomic E-state index is 0.203. The molecular weight excluding hydrogens is 290 g/mol. The highest BCUT2D eigenvalue weighted by molar-refractivity contribution is 9.10. The Labute approximate surface area is 103 Å². The summed E-state index contributed by atoms with van der Waals surface area (Å²) in [4.78, 5) is 0.344. The lowest BCUT2D eigenvalue weighted by molar-refractivity contribution is 0.594. The van der Waals surface area contributed by atoms with Gasteiger partial charge in [0.05, 0.1) is 22.6 Å². The topological polar surface area (TPSA) is 57.9 Å². The van der Waals surface area contributed by atoms with E-state index in [2.05, 4.69) is 15.9 Å². The van der Waals surface area contributed by atoms with E-state index in [1.807, 2.05) is 6.07 Å². The predicted octanol–water partition coefficient (Wildman–Crippen LogP) is 2.45. The van der Waals surface area contributed by atoms with Crippen molar-refractivity contribution in [1.82, 2.24) is 0 Å². The number of hydrogen-bond acceptors (Lipinski definition) is 3. The van der Waals surface area contributed by atoms with Crippen LogP contribution in [0.15, 0.2) is 27.6 Å². The molecule has 1 fully saturated rings. The molecule has 5 heteroatoms. The number of rotatable bonds is 3. The first-order valence-electron chi connectivity index (χ1n) is 4.95. The molecule has 0 heterocycles. The zero-order valence-electron chi connectivity index (χ0n) is 8.48. The fourth-order valence-corrected chi connectivity index (χ4v) is 4.34. The van der Waals surface area contributed by atoms with Crippen LogP contribution in [0.1, 0.15) is 18.4 Å². The summed E-state index contributed by atoms with van der Waals surface area (Å²) in [5.74, 6) is 0. The van der Waals surface area contributed by atoms with Crippen LogP contribution in [0.2, 0.25) is 0 Å². The van der Waals surface area contributed by atoms with Gasteiger partial charge in [0, 0.05) is 4.47 Å². The molecule has 1 aliphatic carbocycles. The molecule has 1 saturated carbocycles. The summed E-state index contributed by atoms with van der Waals surface area (Å²) in [7, 11) is -3.16. The number of benzene rings is 1. The maximum Gasteiger partial charge on any atom is 0.182 e. The van der Waals surface area contributed by atoms with Crippen LogP contribution in [0, 0.1) is 11.3 Å². The van der Waals surface area contributed by atoms with E-state index in [0.29, 0.717) is 15.8 Å². The maximum absolute atomic E-state index is 12.0. The molecule has 0 saturated heterocycles. The molecule has 0 aromatic heterocycles. The van der Waals surface area contributed by atoms with Crippen LogP contribution in [0.4, 0.5) is 0 Å². The lowest BCUT2D eigenvalue weighted by Gasteiger charge is -2.06. The molecule has 16 heavy (non-hydrogen) atoms. The number of sulfone groups is 1. The number of nitriles is 1. The van der Waals surface area contributed by atoms with E-state index in [4.69, 9.17) is 5.26 Å². The van der Waals surface area contributed by atoms with E-state index in [0.717, 1.165) is 18.4 Å². The third kappa shape index (κ3) is 2.13. The van der Waals surface area contributed by atoms with Gasteiger partial charge in [0.25, 0.3) is 0 Å². The van der Waals surface area contributed by atoms with Gasteiger partial charge < -0.3 is 0 Å². The van der Waals surface area contributed by atoms with E-state index < -0.39 is 9.84 Å². The van der Waals surface area contributed by atoms with Crippen molar-refractivity contribution in [1.29, 1.82) is 5.26 Å². The fourth-order valence-electron chi connectivity index (χ4n) is 1.53. The van der Waals surface area contributed by atoms with Crippen molar-refractivity contribution in [3.05, 3.63) is 28.2 Å². The molecule has 0 radical (unpaired) electrons. The molecule has 1 aliphatic rings. The number of hydrogen-bond donors (Lipinski definition) is 0. The van der Waals surface area contributed by atoms with E-state index >= 15 is 0 Å². The first kappa shape index (κ1) is 11.6. The van der Waals surface area contributed by atoms with Crippen LogP contribution in [0.25, 0.3) is 0 Å². The second kappa shape index (κ2) is 4.19. The van der Waals surface area contributed by atoms with Gasteiger partial charge >= 0.3 is 0 Å². The summed E-state index contributed by atoms with van der Waals surface area (Å²) in [5, 5.41) is 8.35. The highest BCUT2D eigenvalue weighted by Gasteiger charge is 2.37. The SMILES string of the molecule is N#CCc1ccc(S(=O)(=O)C2CC2)c(Br)c1. The van der Waals surface area contributed by atoms with E-state index in [1.54, 1.807) is 18.2 Å². The minimum atomic E-state index is -3.16. The first-order chi connectivity index (χ1) is 7.55. The van der Waals surface area contributed by atoms with E-state index in [-0.39, 0.29) is 5.25 Å². The number of halogens is 1. The van der Waals surface area contributed by atoms with Gasteiger partial charge in [-0.25, -0.2) is 8.42 Å². The van der Waals surface area contributed by atoms with Gasteiger partial charge in [-0.2, -0.15) is 5.26 Å². The van der Waals surface area contributed by atoms with Crippen molar-refractivity contribution >= 4 is 25.8 Å². The van der Waals surface area contributed by atoms with Crippen LogP contribution in [0.3, 0.4) is 0 Å². The number of nitrogens with zero attached hydrogens (tertiary/aromatic N) is 1. The lowest BCUT2D eigenvalue weighted by Crippen LogP contribution is -2.08. The van der Waals surface area contributed by atoms with Crippen molar-refractivity contribution in [2.75, 3.05) is 0 Å². The summed E-state index contributed by atoms with van der Waals surface area (Å²) in [6, 6.07) is 7.03. The molecule has 0 unspecified atom stereocenters. The Bertz CT molecular complexity index is 556. The molecule has 1 aromatic carbocycles. The van der Waals surface area contributed by atoms with Crippen molar-refractivity contribution in [2.45, 2.75) is 29.4 Å². The Morgan fingerprint density at radius 2 is 2.12 bits per heavy atom. The van der Waals surface area contributed by atoms with Crippen molar-refractivity contribution in [3.8, 4) is 6.07 Å². The van der Waals surface area contributed by atoms with Gasteiger partial charge in [-0.05, 0) is 46.5 Å². The molecule has 0 aliphatic heterocycles. The molecule has 0 amide bonds. The van der Waals surface area contributed by atoms with Gasteiger partial charge in [0.15, 0.2) is 9.84 Å². The zero-order chi connectivity index (χ0) is 11.8. The monoisotopic (exact) mass is 299 g/mol. The quantitative estimate of drug-likeness (QED) is 0.861. The lowest BCUT2D eigenvalue weighted by atomic mass is 10.2. The first-order valence-corrected chi connectivity index (χ1v) is 7.29. The minimum Gasteiger partial charge on any atom is -0.223 e. The molecule has 0 bridgehead atoms. The van der Waals surface area contributed by atoms with Crippen LogP contribution in [-0.4, -0.2) is 13.7 Å². The summed E-state index contributed by atoms with van der Waals surface area (Å²) in [6.07, 6.45) is 1.81. The molecule has 2 rings (SSSR count). The predicted molar refractivity (Wildman–Crippen MR) is 63.7 cm³/mol. The van der Waals surface area contributed by atoms with Crippen LogP contribution >= 0.6 is 15.9 Å². The van der Waals surface area contributed by atoms with E-state index in [1.165, 1.54) is 0 Å². The molecule has 84 valence electrons. The van der Waals surface area contributed by atoms with Crippen LogP contribution in [0.5, 0.6) is 0 Å². The van der Waals surface area contributed by atoms with Crippen molar-refractivity contribution in [3.63, 3.8) is 0 Å². The smallest absolute Gasteiger partial charge is 0.182 e. The summed E-state index contributed by atoms with van der Waals surface area (Å²) >= 11 is 3.26. The Hall–Kier alpha value is -0.860. The van der Waals surface area contributed by atoms with Crippen molar-refractivity contribution < 1.29 is 8.42 Å². The van der Waals surface area contributed by atoms with Gasteiger partial charge in [-0.1, -0.05) is 6.07 Å². The largest absolute Gasteiger partial charge is 0.223 e. The van der Waals surface area contributed by atoms with Gasteiger partial charge in [-0.15, -0.1) is 0 Å². The Kier molecular flexibility index (Phi) is 3.04. The fraction of sp³-hybridized carbons (Fsp3) is 0.364. The second-order valence-corrected chi connectivity index (χ2v) is 6.89. The standard InChI is InChI=1S/C11H10BrNO2S/c12-10-7-8(5-6-13)1-4-11(10)16(14,15)9-2-3-9/h1,4,7,9H,2-3,5H2. The highest BCUT2D eigenvalue weighted by atomic mass is 79.9. The Balaban J connectivity index is 2.40. The summed E-state index contributed by atoms with van der Waals surface area (Å²) < 4.78 is 24.5. The molecular formula is C11H10BrNO2S. The second-order valence-electron chi connectivity index (χ2n) is 3.84. The van der Waals surface area contributed by atoms with E-state index in [9.17, 15) is 8.42 Å². The third-order valence-corrected chi connectivity index (χ3v) is 5.79. The Morgan fingerprint density at radius 1 is 1.44 bits per heavy atom. The molecule has 0 spiro atoms. The Morgan fingerprint density at radius 3 is 2.62 bits per heavy atom. The molecule has 0 atom stereocenters. The zero-order valence-corrected chi connectivity index (χ0v) is 10.9. The van der Waals surface area contributed by atoms with Crippen LogP contribution in [-0.2, 0) is 16.3 Å². The van der Waals surface area contributed by atoms with Crippen LogP contribution < -0.4 is 0 Å². The molecule has 1 aromatic rings. The average Bonchev–Trinajstić information content (AvgIpc) is 3.00. The van der Waals surface area contributed by atoms with Crippen molar-refractivity contribution in [2.24, 2.45) is 0 Å². The van der Waals surface area contributed by atoms with Gasteiger partial charge in [0.1, 0.15) is 0 Å². The summed E-state index contributed by atoms with van der Waals surface area (Å²) in [6.45, 7) is 0. The maximum atomic E-state index is 12.0. The third-order valence-electron chi connectivity index (χ3n) is 2.55. The highest BCUT2D eigenvalue weighted by Crippen LogP contribution is 2.36.